The first-order chi connectivity index (χ1) is 9.76. The molecule has 2 unspecified atom stereocenters. The SMILES string of the molecule is CC(N)C(c1cc(Br)cs1)N1CCN(CC(F)(F)F)CC1. The van der Waals surface area contributed by atoms with Crippen LogP contribution >= 0.6 is 27.3 Å². The molecule has 2 heterocycles. The second-order valence-corrected chi connectivity index (χ2v) is 7.26. The predicted molar refractivity (Wildman–Crippen MR) is 82.5 cm³/mol. The van der Waals surface area contributed by atoms with Crippen molar-refractivity contribution in [3.63, 3.8) is 0 Å². The maximum Gasteiger partial charge on any atom is 0.401 e. The largest absolute Gasteiger partial charge is 0.401 e. The molecule has 1 aromatic heterocycles. The van der Waals surface area contributed by atoms with Crippen LogP contribution in [-0.2, 0) is 0 Å². The lowest BCUT2D eigenvalue weighted by Gasteiger charge is -2.40. The van der Waals surface area contributed by atoms with E-state index in [-0.39, 0.29) is 12.1 Å². The zero-order valence-electron chi connectivity index (χ0n) is 11.7. The van der Waals surface area contributed by atoms with Gasteiger partial charge in [0, 0.05) is 47.0 Å². The summed E-state index contributed by atoms with van der Waals surface area (Å²) in [5.41, 5.74) is 6.10. The minimum absolute atomic E-state index is 0.0642. The summed E-state index contributed by atoms with van der Waals surface area (Å²) < 4.78 is 38.3. The number of nitrogens with zero attached hydrogens (tertiary/aromatic N) is 2. The Morgan fingerprint density at radius 1 is 1.33 bits per heavy atom. The van der Waals surface area contributed by atoms with Crippen LogP contribution in [0, 0.1) is 0 Å². The predicted octanol–water partition coefficient (Wildman–Crippen LogP) is 3.08. The van der Waals surface area contributed by atoms with Gasteiger partial charge in [0.1, 0.15) is 0 Å². The molecule has 21 heavy (non-hydrogen) atoms. The van der Waals surface area contributed by atoms with Crippen LogP contribution in [0.1, 0.15) is 17.8 Å². The lowest BCUT2D eigenvalue weighted by Crippen LogP contribution is -2.52. The average Bonchev–Trinajstić information content (AvgIpc) is 2.76. The Morgan fingerprint density at radius 3 is 2.38 bits per heavy atom. The third-order valence-electron chi connectivity index (χ3n) is 3.58. The monoisotopic (exact) mass is 385 g/mol. The number of rotatable bonds is 4. The molecule has 0 radical (unpaired) electrons. The van der Waals surface area contributed by atoms with Gasteiger partial charge in [-0.1, -0.05) is 0 Å². The fourth-order valence-corrected chi connectivity index (χ4v) is 4.40. The van der Waals surface area contributed by atoms with E-state index >= 15 is 0 Å². The number of hydrogen-bond donors (Lipinski definition) is 1. The third-order valence-corrected chi connectivity index (χ3v) is 5.34. The molecule has 0 saturated carbocycles. The summed E-state index contributed by atoms with van der Waals surface area (Å²) >= 11 is 5.06. The summed E-state index contributed by atoms with van der Waals surface area (Å²) in [6, 6.07) is 2.04. The molecule has 1 aliphatic heterocycles. The summed E-state index contributed by atoms with van der Waals surface area (Å²) in [6.45, 7) is 3.19. The highest BCUT2D eigenvalue weighted by Crippen LogP contribution is 2.32. The van der Waals surface area contributed by atoms with E-state index in [0.29, 0.717) is 26.2 Å². The fourth-order valence-electron chi connectivity index (χ4n) is 2.71. The second kappa shape index (κ2) is 6.95. The Balaban J connectivity index is 1.98. The molecule has 1 aromatic rings. The van der Waals surface area contributed by atoms with Gasteiger partial charge in [-0.15, -0.1) is 11.3 Å². The Morgan fingerprint density at radius 2 is 1.95 bits per heavy atom. The zero-order chi connectivity index (χ0) is 15.6. The van der Waals surface area contributed by atoms with E-state index in [4.69, 9.17) is 5.73 Å². The molecule has 0 aromatic carbocycles. The highest BCUT2D eigenvalue weighted by Gasteiger charge is 2.34. The van der Waals surface area contributed by atoms with Crippen molar-refractivity contribution in [3.8, 4) is 0 Å². The molecule has 2 rings (SSSR count). The van der Waals surface area contributed by atoms with Crippen molar-refractivity contribution < 1.29 is 13.2 Å². The maximum atomic E-state index is 12.4. The average molecular weight is 386 g/mol. The third kappa shape index (κ3) is 4.92. The van der Waals surface area contributed by atoms with Crippen LogP contribution in [0.2, 0.25) is 0 Å². The van der Waals surface area contributed by atoms with Gasteiger partial charge in [-0.05, 0) is 28.9 Å². The minimum atomic E-state index is -4.12. The molecule has 3 nitrogen and oxygen atoms in total. The second-order valence-electron chi connectivity index (χ2n) is 5.40. The van der Waals surface area contributed by atoms with Crippen LogP contribution in [0.5, 0.6) is 0 Å². The zero-order valence-corrected chi connectivity index (χ0v) is 14.1. The number of hydrogen-bond acceptors (Lipinski definition) is 4. The Labute approximate surface area is 135 Å². The van der Waals surface area contributed by atoms with Crippen LogP contribution in [0.3, 0.4) is 0 Å². The summed E-state index contributed by atoms with van der Waals surface area (Å²) in [7, 11) is 0. The van der Waals surface area contributed by atoms with Gasteiger partial charge in [0.15, 0.2) is 0 Å². The molecule has 2 atom stereocenters. The Hall–Kier alpha value is -0.150. The van der Waals surface area contributed by atoms with E-state index in [1.165, 1.54) is 4.90 Å². The summed E-state index contributed by atoms with van der Waals surface area (Å²) in [6.07, 6.45) is -4.12. The summed E-state index contributed by atoms with van der Waals surface area (Å²) in [4.78, 5) is 4.80. The Kier molecular flexibility index (Phi) is 5.70. The Bertz CT molecular complexity index is 456. The molecular formula is C13H19BrF3N3S. The van der Waals surface area contributed by atoms with Gasteiger partial charge in [-0.2, -0.15) is 13.2 Å². The van der Waals surface area contributed by atoms with Crippen molar-refractivity contribution >= 4 is 27.3 Å². The smallest absolute Gasteiger partial charge is 0.326 e. The van der Waals surface area contributed by atoms with E-state index in [1.54, 1.807) is 11.3 Å². The molecule has 0 amide bonds. The first-order valence-electron chi connectivity index (χ1n) is 6.79. The number of halogens is 4. The highest BCUT2D eigenvalue weighted by molar-refractivity contribution is 9.10. The fraction of sp³-hybridized carbons (Fsp3) is 0.692. The van der Waals surface area contributed by atoms with Crippen molar-refractivity contribution in [2.75, 3.05) is 32.7 Å². The van der Waals surface area contributed by atoms with E-state index in [9.17, 15) is 13.2 Å². The normalized spacial score (nSPS) is 21.4. The van der Waals surface area contributed by atoms with Crippen LogP contribution in [0.15, 0.2) is 15.9 Å². The van der Waals surface area contributed by atoms with Gasteiger partial charge in [0.25, 0.3) is 0 Å². The van der Waals surface area contributed by atoms with Gasteiger partial charge >= 0.3 is 6.18 Å². The number of thiophene rings is 1. The van der Waals surface area contributed by atoms with E-state index in [1.807, 2.05) is 18.4 Å². The molecule has 0 spiro atoms. The standard InChI is InChI=1S/C13H19BrF3N3S/c1-9(18)12(11-6-10(14)7-21-11)20-4-2-19(3-5-20)8-13(15,16)17/h6-7,9,12H,2-5,8,18H2,1H3. The number of piperazine rings is 1. The van der Waals surface area contributed by atoms with Crippen LogP contribution in [0.4, 0.5) is 13.2 Å². The number of nitrogens with two attached hydrogens (primary N) is 1. The van der Waals surface area contributed by atoms with E-state index < -0.39 is 12.7 Å². The molecule has 1 aliphatic rings. The molecular weight excluding hydrogens is 367 g/mol. The van der Waals surface area contributed by atoms with Crippen LogP contribution in [0.25, 0.3) is 0 Å². The molecule has 2 N–H and O–H groups in total. The highest BCUT2D eigenvalue weighted by atomic mass is 79.9. The topological polar surface area (TPSA) is 32.5 Å². The van der Waals surface area contributed by atoms with Gasteiger partial charge in [0.2, 0.25) is 0 Å². The van der Waals surface area contributed by atoms with Crippen molar-refractivity contribution in [1.82, 2.24) is 9.80 Å². The number of alkyl halides is 3. The lowest BCUT2D eigenvalue weighted by molar-refractivity contribution is -0.150. The molecule has 0 aliphatic carbocycles. The first-order valence-corrected chi connectivity index (χ1v) is 8.46. The first kappa shape index (κ1) is 17.2. The van der Waals surface area contributed by atoms with Crippen molar-refractivity contribution in [3.05, 3.63) is 20.8 Å². The maximum absolute atomic E-state index is 12.4. The van der Waals surface area contributed by atoms with Crippen molar-refractivity contribution in [2.24, 2.45) is 5.73 Å². The van der Waals surface area contributed by atoms with E-state index in [2.05, 4.69) is 20.8 Å². The van der Waals surface area contributed by atoms with Crippen molar-refractivity contribution in [2.45, 2.75) is 25.2 Å². The molecule has 8 heteroatoms. The van der Waals surface area contributed by atoms with Gasteiger partial charge in [-0.25, -0.2) is 0 Å². The van der Waals surface area contributed by atoms with Crippen molar-refractivity contribution in [1.29, 1.82) is 0 Å². The van der Waals surface area contributed by atoms with Gasteiger partial charge in [-0.3, -0.25) is 9.80 Å². The molecule has 120 valence electrons. The molecule has 1 saturated heterocycles. The van der Waals surface area contributed by atoms with Gasteiger partial charge < -0.3 is 5.73 Å². The van der Waals surface area contributed by atoms with Gasteiger partial charge in [0.05, 0.1) is 12.6 Å². The van der Waals surface area contributed by atoms with Crippen LogP contribution < -0.4 is 5.73 Å². The summed E-state index contributed by atoms with van der Waals surface area (Å²) in [5.74, 6) is 0. The molecule has 0 bridgehead atoms. The van der Waals surface area contributed by atoms with E-state index in [0.717, 1.165) is 9.35 Å². The lowest BCUT2D eigenvalue weighted by atomic mass is 10.1. The van der Waals surface area contributed by atoms with Crippen LogP contribution in [-0.4, -0.2) is 54.7 Å². The quantitative estimate of drug-likeness (QED) is 0.864. The summed E-state index contributed by atoms with van der Waals surface area (Å²) in [5, 5.41) is 2.00. The molecule has 1 fully saturated rings. The minimum Gasteiger partial charge on any atom is -0.326 e.